The van der Waals surface area contributed by atoms with Crippen molar-refractivity contribution < 1.29 is 12.8 Å². The molecule has 1 aromatic rings. The molecule has 0 amide bonds. The van der Waals surface area contributed by atoms with Gasteiger partial charge in [0, 0.05) is 6.04 Å². The zero-order valence-corrected chi connectivity index (χ0v) is 12.3. The van der Waals surface area contributed by atoms with Crippen molar-refractivity contribution in [3.05, 3.63) is 29.6 Å². The van der Waals surface area contributed by atoms with Gasteiger partial charge in [0.15, 0.2) is 0 Å². The topological polar surface area (TPSA) is 72.2 Å². The normalized spacial score (nSPS) is 13.8. The molecule has 6 heteroatoms. The molecule has 0 aliphatic rings. The highest BCUT2D eigenvalue weighted by Gasteiger charge is 2.23. The van der Waals surface area contributed by atoms with E-state index in [2.05, 4.69) is 4.72 Å². The van der Waals surface area contributed by atoms with Gasteiger partial charge in [-0.1, -0.05) is 19.9 Å². The summed E-state index contributed by atoms with van der Waals surface area (Å²) in [4.78, 5) is -0.0184. The molecule has 1 aromatic carbocycles. The van der Waals surface area contributed by atoms with Crippen LogP contribution in [0.3, 0.4) is 0 Å². The predicted octanol–water partition coefficient (Wildman–Crippen LogP) is 1.79. The molecule has 0 heterocycles. The summed E-state index contributed by atoms with van der Waals surface area (Å²) in [6, 6.07) is 3.49. The number of halogens is 1. The van der Waals surface area contributed by atoms with Crippen LogP contribution in [0.2, 0.25) is 0 Å². The summed E-state index contributed by atoms with van der Waals surface area (Å²) in [6.45, 7) is 5.87. The highest BCUT2D eigenvalue weighted by atomic mass is 32.2. The van der Waals surface area contributed by atoms with E-state index in [0.717, 1.165) is 6.07 Å². The standard InChI is InChI=1S/C13H21FN2O2S/c1-9(2)12(6-7-15)16-19(17,18)13-8-11(14)5-4-10(13)3/h4-5,8-9,12,16H,6-7,15H2,1-3H3. The van der Waals surface area contributed by atoms with Gasteiger partial charge in [-0.05, 0) is 43.5 Å². The van der Waals surface area contributed by atoms with Crippen molar-refractivity contribution in [1.82, 2.24) is 4.72 Å². The molecule has 19 heavy (non-hydrogen) atoms. The molecule has 0 saturated carbocycles. The van der Waals surface area contributed by atoms with Crippen LogP contribution < -0.4 is 10.5 Å². The van der Waals surface area contributed by atoms with Crippen molar-refractivity contribution in [3.8, 4) is 0 Å². The maximum Gasteiger partial charge on any atom is 0.241 e. The van der Waals surface area contributed by atoms with E-state index >= 15 is 0 Å². The van der Waals surface area contributed by atoms with Crippen LogP contribution in [0.15, 0.2) is 23.1 Å². The molecule has 1 rings (SSSR count). The molecule has 1 atom stereocenters. The number of aryl methyl sites for hydroxylation is 1. The minimum atomic E-state index is -3.73. The second-order valence-electron chi connectivity index (χ2n) is 4.96. The van der Waals surface area contributed by atoms with E-state index < -0.39 is 15.8 Å². The second-order valence-corrected chi connectivity index (χ2v) is 6.64. The van der Waals surface area contributed by atoms with Gasteiger partial charge < -0.3 is 5.73 Å². The molecule has 108 valence electrons. The number of nitrogens with two attached hydrogens (primary N) is 1. The zero-order valence-electron chi connectivity index (χ0n) is 11.5. The largest absolute Gasteiger partial charge is 0.330 e. The summed E-state index contributed by atoms with van der Waals surface area (Å²) in [5.41, 5.74) is 6.00. The van der Waals surface area contributed by atoms with E-state index in [9.17, 15) is 12.8 Å². The fourth-order valence-corrected chi connectivity index (χ4v) is 3.51. The SMILES string of the molecule is Cc1ccc(F)cc1S(=O)(=O)NC(CCN)C(C)C. The van der Waals surface area contributed by atoms with Crippen molar-refractivity contribution in [2.75, 3.05) is 6.54 Å². The van der Waals surface area contributed by atoms with Crippen LogP contribution >= 0.6 is 0 Å². The summed E-state index contributed by atoms with van der Waals surface area (Å²) in [5.74, 6) is -0.446. The molecule has 0 saturated heterocycles. The van der Waals surface area contributed by atoms with E-state index in [-0.39, 0.29) is 16.9 Å². The number of rotatable bonds is 6. The average molecular weight is 288 g/mol. The maximum absolute atomic E-state index is 13.2. The van der Waals surface area contributed by atoms with E-state index in [4.69, 9.17) is 5.73 Å². The molecule has 4 nitrogen and oxygen atoms in total. The van der Waals surface area contributed by atoms with Crippen LogP contribution in [0.1, 0.15) is 25.8 Å². The fraction of sp³-hybridized carbons (Fsp3) is 0.538. The molecular weight excluding hydrogens is 267 g/mol. The van der Waals surface area contributed by atoms with Crippen LogP contribution in [-0.2, 0) is 10.0 Å². The second kappa shape index (κ2) is 6.45. The molecule has 0 aliphatic carbocycles. The minimum Gasteiger partial charge on any atom is -0.330 e. The minimum absolute atomic E-state index is 0.0184. The number of hydrogen-bond acceptors (Lipinski definition) is 3. The van der Waals surface area contributed by atoms with Gasteiger partial charge in [0.1, 0.15) is 5.82 Å². The quantitative estimate of drug-likeness (QED) is 0.838. The Kier molecular flexibility index (Phi) is 5.46. The molecule has 0 spiro atoms. The number of sulfonamides is 1. The molecule has 3 N–H and O–H groups in total. The van der Waals surface area contributed by atoms with Gasteiger partial charge >= 0.3 is 0 Å². The Balaban J connectivity index is 3.06. The van der Waals surface area contributed by atoms with Crippen LogP contribution in [-0.4, -0.2) is 21.0 Å². The summed E-state index contributed by atoms with van der Waals surface area (Å²) >= 11 is 0. The first-order valence-corrected chi connectivity index (χ1v) is 7.74. The van der Waals surface area contributed by atoms with E-state index in [1.807, 2.05) is 13.8 Å². The lowest BCUT2D eigenvalue weighted by molar-refractivity contribution is 0.428. The first kappa shape index (κ1) is 16.1. The molecule has 0 fully saturated rings. The van der Waals surface area contributed by atoms with Crippen molar-refractivity contribution in [2.45, 2.75) is 38.1 Å². The Morgan fingerprint density at radius 3 is 2.53 bits per heavy atom. The summed E-state index contributed by atoms with van der Waals surface area (Å²) < 4.78 is 40.4. The Hall–Kier alpha value is -0.980. The van der Waals surface area contributed by atoms with Crippen molar-refractivity contribution in [3.63, 3.8) is 0 Å². The van der Waals surface area contributed by atoms with Crippen LogP contribution in [0.5, 0.6) is 0 Å². The lowest BCUT2D eigenvalue weighted by Gasteiger charge is -2.22. The van der Waals surface area contributed by atoms with Gasteiger partial charge in [-0.25, -0.2) is 17.5 Å². The van der Waals surface area contributed by atoms with Crippen LogP contribution in [0, 0.1) is 18.7 Å². The van der Waals surface area contributed by atoms with Gasteiger partial charge in [0.2, 0.25) is 10.0 Å². The highest BCUT2D eigenvalue weighted by Crippen LogP contribution is 2.18. The van der Waals surface area contributed by atoms with Gasteiger partial charge in [0.05, 0.1) is 4.90 Å². The summed E-state index contributed by atoms with van der Waals surface area (Å²) in [6.07, 6.45) is 0.547. The van der Waals surface area contributed by atoms with Gasteiger partial charge in [-0.3, -0.25) is 0 Å². The molecule has 1 unspecified atom stereocenters. The van der Waals surface area contributed by atoms with E-state index in [1.54, 1.807) is 6.92 Å². The molecular formula is C13H21FN2O2S. The third-order valence-corrected chi connectivity index (χ3v) is 4.66. The smallest absolute Gasteiger partial charge is 0.241 e. The Labute approximate surface area is 114 Å². The first-order chi connectivity index (χ1) is 8.77. The third-order valence-electron chi connectivity index (χ3n) is 3.03. The molecule has 0 radical (unpaired) electrons. The lowest BCUT2D eigenvalue weighted by Crippen LogP contribution is -2.40. The molecule has 0 aliphatic heterocycles. The van der Waals surface area contributed by atoms with Gasteiger partial charge in [0.25, 0.3) is 0 Å². The maximum atomic E-state index is 13.2. The zero-order chi connectivity index (χ0) is 14.6. The fourth-order valence-electron chi connectivity index (χ4n) is 1.83. The Bertz CT molecular complexity index is 529. The van der Waals surface area contributed by atoms with Crippen LogP contribution in [0.25, 0.3) is 0 Å². The van der Waals surface area contributed by atoms with Gasteiger partial charge in [-0.15, -0.1) is 0 Å². The summed E-state index contributed by atoms with van der Waals surface area (Å²) in [7, 11) is -3.73. The third kappa shape index (κ3) is 4.26. The lowest BCUT2D eigenvalue weighted by atomic mass is 10.0. The number of nitrogens with one attached hydrogen (secondary N) is 1. The average Bonchev–Trinajstić information content (AvgIpc) is 2.31. The van der Waals surface area contributed by atoms with Crippen molar-refractivity contribution in [2.24, 2.45) is 11.7 Å². The number of hydrogen-bond donors (Lipinski definition) is 2. The number of benzene rings is 1. The van der Waals surface area contributed by atoms with E-state index in [1.165, 1.54) is 12.1 Å². The van der Waals surface area contributed by atoms with Crippen molar-refractivity contribution in [1.29, 1.82) is 0 Å². The predicted molar refractivity (Wildman–Crippen MR) is 73.8 cm³/mol. The monoisotopic (exact) mass is 288 g/mol. The van der Waals surface area contributed by atoms with Crippen molar-refractivity contribution >= 4 is 10.0 Å². The highest BCUT2D eigenvalue weighted by molar-refractivity contribution is 7.89. The van der Waals surface area contributed by atoms with E-state index in [0.29, 0.717) is 18.5 Å². The van der Waals surface area contributed by atoms with Gasteiger partial charge in [-0.2, -0.15) is 0 Å². The molecule has 0 aromatic heterocycles. The van der Waals surface area contributed by atoms with Crippen LogP contribution in [0.4, 0.5) is 4.39 Å². The Morgan fingerprint density at radius 2 is 2.00 bits per heavy atom. The molecule has 0 bridgehead atoms. The Morgan fingerprint density at radius 1 is 1.37 bits per heavy atom. The summed E-state index contributed by atoms with van der Waals surface area (Å²) in [5, 5.41) is 0. The first-order valence-electron chi connectivity index (χ1n) is 6.26.